The molecule has 1 fully saturated rings. The van der Waals surface area contributed by atoms with Crippen molar-refractivity contribution in [3.63, 3.8) is 0 Å². The number of aromatic amines is 1. The maximum Gasteiger partial charge on any atom is 0.321 e. The first kappa shape index (κ1) is 25.9. The van der Waals surface area contributed by atoms with Crippen LogP contribution in [0.4, 0.5) is 11.4 Å². The van der Waals surface area contributed by atoms with Crippen molar-refractivity contribution in [3.05, 3.63) is 51.9 Å². The number of pyridine rings is 1. The molecule has 0 amide bonds. The zero-order chi connectivity index (χ0) is 26.1. The van der Waals surface area contributed by atoms with E-state index in [1.165, 1.54) is 18.6 Å². The van der Waals surface area contributed by atoms with Gasteiger partial charge in [0.05, 0.1) is 16.3 Å². The van der Waals surface area contributed by atoms with Crippen LogP contribution in [0.15, 0.2) is 45.1 Å². The molecule has 4 N–H and O–H groups in total. The number of anilines is 1. The van der Waals surface area contributed by atoms with Crippen LogP contribution in [0.5, 0.6) is 0 Å². The molecular formula is C25H33N5O5S. The number of ether oxygens (including phenoxy) is 1. The average molecular weight is 516 g/mol. The van der Waals surface area contributed by atoms with Gasteiger partial charge >= 0.3 is 5.97 Å². The molecule has 194 valence electrons. The molecule has 0 atom stereocenters. The van der Waals surface area contributed by atoms with Gasteiger partial charge in [0.25, 0.3) is 5.56 Å². The molecule has 10 nitrogen and oxygen atoms in total. The fourth-order valence-corrected chi connectivity index (χ4v) is 6.16. The SMILES string of the molecule is CC(C)(C)OC(=O)CN1Cc2cc(N=C(N)c3c(NC4CCCCC4)cc[nH]c3=O)ccc2S1(=O)=O. The Morgan fingerprint density at radius 1 is 1.22 bits per heavy atom. The smallest absolute Gasteiger partial charge is 0.321 e. The summed E-state index contributed by atoms with van der Waals surface area (Å²) >= 11 is 0. The number of aromatic nitrogens is 1. The van der Waals surface area contributed by atoms with Crippen LogP contribution in [-0.2, 0) is 26.1 Å². The predicted molar refractivity (Wildman–Crippen MR) is 138 cm³/mol. The summed E-state index contributed by atoms with van der Waals surface area (Å²) in [5, 5.41) is 3.44. The van der Waals surface area contributed by atoms with Crippen molar-refractivity contribution in [1.29, 1.82) is 0 Å². The highest BCUT2D eigenvalue weighted by atomic mass is 32.2. The van der Waals surface area contributed by atoms with Crippen LogP contribution in [0, 0.1) is 0 Å². The lowest BCUT2D eigenvalue weighted by Crippen LogP contribution is -2.35. The van der Waals surface area contributed by atoms with E-state index in [0.717, 1.165) is 30.0 Å². The first-order valence-electron chi connectivity index (χ1n) is 12.1. The molecule has 0 bridgehead atoms. The molecule has 36 heavy (non-hydrogen) atoms. The summed E-state index contributed by atoms with van der Waals surface area (Å²) in [5.74, 6) is -0.593. The summed E-state index contributed by atoms with van der Waals surface area (Å²) in [4.78, 5) is 32.1. The van der Waals surface area contributed by atoms with Gasteiger partial charge in [0.1, 0.15) is 23.5 Å². The quantitative estimate of drug-likeness (QED) is 0.304. The van der Waals surface area contributed by atoms with Gasteiger partial charge in [-0.2, -0.15) is 4.31 Å². The number of carbonyl (C=O) groups is 1. The fraction of sp³-hybridized carbons (Fsp3) is 0.480. The topological polar surface area (TPSA) is 147 Å². The molecule has 1 aromatic carbocycles. The van der Waals surface area contributed by atoms with Crippen LogP contribution < -0.4 is 16.6 Å². The van der Waals surface area contributed by atoms with Crippen molar-refractivity contribution in [1.82, 2.24) is 9.29 Å². The maximum absolute atomic E-state index is 12.9. The Balaban J connectivity index is 1.57. The van der Waals surface area contributed by atoms with Gasteiger partial charge in [0, 0.05) is 18.8 Å². The summed E-state index contributed by atoms with van der Waals surface area (Å²) in [7, 11) is -3.84. The second-order valence-electron chi connectivity index (χ2n) is 10.2. The predicted octanol–water partition coefficient (Wildman–Crippen LogP) is 3.00. The van der Waals surface area contributed by atoms with Gasteiger partial charge in [-0.3, -0.25) is 9.59 Å². The summed E-state index contributed by atoms with van der Waals surface area (Å²) in [6.45, 7) is 4.80. The van der Waals surface area contributed by atoms with Crippen molar-refractivity contribution >= 4 is 33.2 Å². The standard InChI is InChI=1S/C25H33N5O5S/c1-25(2,3)35-21(31)15-30-14-16-13-18(9-10-20(16)36(30,33)34)29-23(26)22-19(11-12-27-24(22)32)28-17-7-5-4-6-8-17/h9-13,17H,4-8,14-15H2,1-3H3,(H2,26,29)(H2,27,28,32). The van der Waals surface area contributed by atoms with E-state index in [4.69, 9.17) is 10.5 Å². The molecule has 0 spiro atoms. The number of carbonyl (C=O) groups excluding carboxylic acids is 1. The molecule has 2 aromatic rings. The normalized spacial score (nSPS) is 18.6. The number of hydrogen-bond acceptors (Lipinski definition) is 7. The van der Waals surface area contributed by atoms with Gasteiger partial charge in [-0.05, 0) is 63.4 Å². The van der Waals surface area contributed by atoms with Gasteiger partial charge < -0.3 is 20.8 Å². The number of benzene rings is 1. The average Bonchev–Trinajstić information content (AvgIpc) is 3.02. The molecule has 2 heterocycles. The number of H-pyrrole nitrogens is 1. The Bertz CT molecular complexity index is 1340. The number of esters is 1. The van der Waals surface area contributed by atoms with E-state index in [9.17, 15) is 18.0 Å². The Morgan fingerprint density at radius 3 is 2.64 bits per heavy atom. The van der Waals surface area contributed by atoms with Gasteiger partial charge in [-0.1, -0.05) is 19.3 Å². The second-order valence-corrected chi connectivity index (χ2v) is 12.1. The summed E-state index contributed by atoms with van der Waals surface area (Å²) in [6.07, 6.45) is 7.13. The van der Waals surface area contributed by atoms with Crippen molar-refractivity contribution in [2.45, 2.75) is 76.0 Å². The monoisotopic (exact) mass is 515 g/mol. The van der Waals surface area contributed by atoms with Crippen molar-refractivity contribution in [3.8, 4) is 0 Å². The minimum atomic E-state index is -3.84. The highest BCUT2D eigenvalue weighted by Crippen LogP contribution is 2.33. The van der Waals surface area contributed by atoms with Crippen LogP contribution in [0.25, 0.3) is 0 Å². The van der Waals surface area contributed by atoms with Crippen LogP contribution in [0.2, 0.25) is 0 Å². The van der Waals surface area contributed by atoms with Crippen LogP contribution >= 0.6 is 0 Å². The summed E-state index contributed by atoms with van der Waals surface area (Å²) < 4.78 is 32.2. The zero-order valence-electron chi connectivity index (χ0n) is 20.8. The van der Waals surface area contributed by atoms with Crippen LogP contribution in [0.1, 0.15) is 64.0 Å². The lowest BCUT2D eigenvalue weighted by Gasteiger charge is -2.24. The Kier molecular flexibility index (Phi) is 7.24. The molecule has 4 rings (SSSR count). The lowest BCUT2D eigenvalue weighted by molar-refractivity contribution is -0.155. The van der Waals surface area contributed by atoms with E-state index in [1.807, 2.05) is 0 Å². The van der Waals surface area contributed by atoms with Gasteiger partial charge in [-0.25, -0.2) is 13.4 Å². The minimum absolute atomic E-state index is 0.0145. The third kappa shape index (κ3) is 5.79. The molecule has 11 heteroatoms. The third-order valence-electron chi connectivity index (χ3n) is 6.17. The summed E-state index contributed by atoms with van der Waals surface area (Å²) in [5.41, 5.74) is 6.99. The molecule has 0 saturated heterocycles. The number of amidine groups is 1. The number of nitrogens with two attached hydrogens (primary N) is 1. The minimum Gasteiger partial charge on any atom is -0.459 e. The lowest BCUT2D eigenvalue weighted by atomic mass is 9.95. The van der Waals surface area contributed by atoms with E-state index in [1.54, 1.807) is 39.1 Å². The van der Waals surface area contributed by atoms with Crippen LogP contribution in [0.3, 0.4) is 0 Å². The molecule has 1 aliphatic heterocycles. The molecule has 1 aromatic heterocycles. The molecule has 1 aliphatic carbocycles. The fourth-order valence-electron chi connectivity index (χ4n) is 4.60. The third-order valence-corrected chi connectivity index (χ3v) is 8.06. The van der Waals surface area contributed by atoms with E-state index in [-0.39, 0.29) is 41.0 Å². The van der Waals surface area contributed by atoms with Crippen molar-refractivity contribution in [2.24, 2.45) is 10.7 Å². The Labute approximate surface area is 211 Å². The number of fused-ring (bicyclic) bond motifs is 1. The second kappa shape index (κ2) is 10.1. The number of nitrogens with one attached hydrogen (secondary N) is 2. The number of aliphatic imine (C=N–C) groups is 1. The van der Waals surface area contributed by atoms with Crippen molar-refractivity contribution < 1.29 is 17.9 Å². The first-order valence-corrected chi connectivity index (χ1v) is 13.6. The Morgan fingerprint density at radius 2 is 1.94 bits per heavy atom. The largest absolute Gasteiger partial charge is 0.459 e. The number of hydrogen-bond donors (Lipinski definition) is 3. The molecule has 1 saturated carbocycles. The van der Waals surface area contributed by atoms with Gasteiger partial charge in [0.15, 0.2) is 0 Å². The van der Waals surface area contributed by atoms with E-state index in [2.05, 4.69) is 15.3 Å². The number of rotatable bonds is 6. The van der Waals surface area contributed by atoms with E-state index in [0.29, 0.717) is 16.9 Å². The van der Waals surface area contributed by atoms with Crippen molar-refractivity contribution in [2.75, 3.05) is 11.9 Å². The summed E-state index contributed by atoms with van der Waals surface area (Å²) in [6, 6.07) is 6.64. The number of nitrogens with zero attached hydrogens (tertiary/aromatic N) is 2. The van der Waals surface area contributed by atoms with E-state index >= 15 is 0 Å². The van der Waals surface area contributed by atoms with Gasteiger partial charge in [-0.15, -0.1) is 0 Å². The molecular weight excluding hydrogens is 482 g/mol. The van der Waals surface area contributed by atoms with E-state index < -0.39 is 21.6 Å². The highest BCUT2D eigenvalue weighted by Gasteiger charge is 2.37. The zero-order valence-corrected chi connectivity index (χ0v) is 21.7. The Hall–Kier alpha value is -3.18. The first-order chi connectivity index (χ1) is 16.9. The molecule has 0 radical (unpaired) electrons. The highest BCUT2D eigenvalue weighted by molar-refractivity contribution is 7.89. The van der Waals surface area contributed by atoms with Gasteiger partial charge in [0.2, 0.25) is 10.0 Å². The van der Waals surface area contributed by atoms with Crippen LogP contribution in [-0.4, -0.2) is 47.7 Å². The molecule has 0 unspecified atom stereocenters. The number of sulfonamides is 1. The maximum atomic E-state index is 12.9. The molecule has 2 aliphatic rings.